The Morgan fingerprint density at radius 1 is 1.25 bits per heavy atom. The van der Waals surface area contributed by atoms with E-state index in [1.807, 2.05) is 24.7 Å². The number of likely N-dealkylation sites (tertiary alicyclic amines) is 1. The number of pyridine rings is 1. The molecule has 0 saturated carbocycles. The lowest BCUT2D eigenvalue weighted by molar-refractivity contribution is 0.0106. The highest BCUT2D eigenvalue weighted by atomic mass is 32.1. The summed E-state index contributed by atoms with van der Waals surface area (Å²) >= 11 is 1.75. The van der Waals surface area contributed by atoms with E-state index in [2.05, 4.69) is 31.2 Å². The zero-order valence-corrected chi connectivity index (χ0v) is 14.7. The van der Waals surface area contributed by atoms with Gasteiger partial charge in [0.15, 0.2) is 0 Å². The highest BCUT2D eigenvalue weighted by molar-refractivity contribution is 7.09. The standard InChI is InChI=1S/C18H24N4OS/c1-3-16(11-19-5-1)22-8-9-23-15-18(14-22)4-2-7-21(13-18)12-17-20-6-10-24-17/h1,3,5-6,10-11H,2,4,7-9,12-15H2/t18-/m0/s1. The average molecular weight is 344 g/mol. The van der Waals surface area contributed by atoms with Gasteiger partial charge in [0.1, 0.15) is 5.01 Å². The van der Waals surface area contributed by atoms with Crippen molar-refractivity contribution in [2.24, 2.45) is 5.41 Å². The van der Waals surface area contributed by atoms with Crippen LogP contribution in [0.15, 0.2) is 36.1 Å². The third kappa shape index (κ3) is 3.61. The maximum Gasteiger partial charge on any atom is 0.107 e. The van der Waals surface area contributed by atoms with Gasteiger partial charge in [-0.1, -0.05) is 0 Å². The normalized spacial score (nSPS) is 25.8. The van der Waals surface area contributed by atoms with Gasteiger partial charge >= 0.3 is 0 Å². The third-order valence-corrected chi connectivity index (χ3v) is 5.80. The molecule has 0 aliphatic carbocycles. The number of ether oxygens (including phenoxy) is 1. The van der Waals surface area contributed by atoms with E-state index in [-0.39, 0.29) is 5.41 Å². The van der Waals surface area contributed by atoms with Crippen LogP contribution in [0.25, 0.3) is 0 Å². The molecule has 4 heterocycles. The Morgan fingerprint density at radius 2 is 2.25 bits per heavy atom. The summed E-state index contributed by atoms with van der Waals surface area (Å²) in [5.74, 6) is 0. The smallest absolute Gasteiger partial charge is 0.107 e. The van der Waals surface area contributed by atoms with Crippen LogP contribution in [-0.4, -0.2) is 54.3 Å². The number of piperidine rings is 1. The van der Waals surface area contributed by atoms with E-state index in [9.17, 15) is 0 Å². The van der Waals surface area contributed by atoms with Gasteiger partial charge in [0.2, 0.25) is 0 Å². The van der Waals surface area contributed by atoms with Crippen LogP contribution in [0.4, 0.5) is 5.69 Å². The van der Waals surface area contributed by atoms with E-state index in [1.54, 1.807) is 11.3 Å². The molecule has 2 aromatic rings. The predicted molar refractivity (Wildman–Crippen MR) is 96.3 cm³/mol. The Kier molecular flexibility index (Phi) is 4.78. The number of hydrogen-bond donors (Lipinski definition) is 0. The van der Waals surface area contributed by atoms with Gasteiger partial charge in [0.05, 0.1) is 31.6 Å². The number of hydrogen-bond acceptors (Lipinski definition) is 6. The maximum absolute atomic E-state index is 6.02. The summed E-state index contributed by atoms with van der Waals surface area (Å²) in [6, 6.07) is 4.17. The molecule has 0 aromatic carbocycles. The van der Waals surface area contributed by atoms with Gasteiger partial charge < -0.3 is 9.64 Å². The van der Waals surface area contributed by atoms with Crippen molar-refractivity contribution in [1.29, 1.82) is 0 Å². The maximum atomic E-state index is 6.02. The average Bonchev–Trinajstić information content (AvgIpc) is 3.03. The number of nitrogens with zero attached hydrogens (tertiary/aromatic N) is 4. The third-order valence-electron chi connectivity index (χ3n) is 5.03. The second-order valence-corrected chi connectivity index (χ2v) is 7.90. The molecule has 2 aliphatic heterocycles. The molecule has 0 N–H and O–H groups in total. The fourth-order valence-corrected chi connectivity index (χ4v) is 4.63. The van der Waals surface area contributed by atoms with Crippen molar-refractivity contribution in [2.75, 3.05) is 44.3 Å². The Bertz CT molecular complexity index is 636. The molecule has 4 rings (SSSR count). The van der Waals surface area contributed by atoms with Gasteiger partial charge in [-0.25, -0.2) is 4.98 Å². The van der Waals surface area contributed by atoms with Gasteiger partial charge in [-0.2, -0.15) is 0 Å². The molecule has 2 aromatic heterocycles. The summed E-state index contributed by atoms with van der Waals surface area (Å²) in [6.45, 7) is 6.86. The summed E-state index contributed by atoms with van der Waals surface area (Å²) < 4.78 is 6.02. The summed E-state index contributed by atoms with van der Waals surface area (Å²) in [4.78, 5) is 13.7. The fraction of sp³-hybridized carbons (Fsp3) is 0.556. The monoisotopic (exact) mass is 344 g/mol. The summed E-state index contributed by atoms with van der Waals surface area (Å²) in [7, 11) is 0. The molecule has 6 heteroatoms. The zero-order valence-electron chi connectivity index (χ0n) is 13.9. The van der Waals surface area contributed by atoms with Gasteiger partial charge in [0.25, 0.3) is 0 Å². The van der Waals surface area contributed by atoms with Crippen LogP contribution in [0.2, 0.25) is 0 Å². The molecule has 0 bridgehead atoms. The molecule has 0 radical (unpaired) electrons. The molecule has 24 heavy (non-hydrogen) atoms. The predicted octanol–water partition coefficient (Wildman–Crippen LogP) is 2.66. The first-order valence-electron chi connectivity index (χ1n) is 8.67. The van der Waals surface area contributed by atoms with Crippen molar-refractivity contribution in [3.05, 3.63) is 41.1 Å². The van der Waals surface area contributed by atoms with Gasteiger partial charge in [-0.3, -0.25) is 9.88 Å². The minimum atomic E-state index is 0.210. The fourth-order valence-electron chi connectivity index (χ4n) is 3.97. The molecule has 2 saturated heterocycles. The number of thiazole rings is 1. The number of anilines is 1. The summed E-state index contributed by atoms with van der Waals surface area (Å²) in [5, 5.41) is 3.28. The van der Waals surface area contributed by atoms with E-state index in [4.69, 9.17) is 4.74 Å². The molecular weight excluding hydrogens is 320 g/mol. The summed E-state index contributed by atoms with van der Waals surface area (Å²) in [6.07, 6.45) is 8.17. The molecule has 0 unspecified atom stereocenters. The highest BCUT2D eigenvalue weighted by Crippen LogP contribution is 2.35. The number of aromatic nitrogens is 2. The topological polar surface area (TPSA) is 41.5 Å². The highest BCUT2D eigenvalue weighted by Gasteiger charge is 2.39. The second-order valence-electron chi connectivity index (χ2n) is 6.93. The molecule has 128 valence electrons. The molecule has 2 aliphatic rings. The Morgan fingerprint density at radius 3 is 3.08 bits per heavy atom. The Balaban J connectivity index is 1.49. The molecule has 1 spiro atoms. The molecular formula is C18H24N4OS. The lowest BCUT2D eigenvalue weighted by Gasteiger charge is -2.43. The van der Waals surface area contributed by atoms with Gasteiger partial charge in [-0.05, 0) is 31.5 Å². The van der Waals surface area contributed by atoms with E-state index >= 15 is 0 Å². The first kappa shape index (κ1) is 16.0. The van der Waals surface area contributed by atoms with Crippen LogP contribution in [0.1, 0.15) is 17.8 Å². The number of rotatable bonds is 3. The lowest BCUT2D eigenvalue weighted by atomic mass is 9.80. The first-order chi connectivity index (χ1) is 11.8. The summed E-state index contributed by atoms with van der Waals surface area (Å²) in [5.41, 5.74) is 1.42. The van der Waals surface area contributed by atoms with Crippen molar-refractivity contribution >= 4 is 17.0 Å². The van der Waals surface area contributed by atoms with Gasteiger partial charge in [0, 0.05) is 42.8 Å². The SMILES string of the molecule is c1cncc(N2CCOC[C@]3(CCCN(Cc4nccs4)C3)C2)c1. The van der Waals surface area contributed by atoms with E-state index in [0.717, 1.165) is 45.9 Å². The second kappa shape index (κ2) is 7.17. The van der Waals surface area contributed by atoms with Crippen molar-refractivity contribution in [1.82, 2.24) is 14.9 Å². The van der Waals surface area contributed by atoms with E-state index < -0.39 is 0 Å². The van der Waals surface area contributed by atoms with Crippen LogP contribution < -0.4 is 4.90 Å². The quantitative estimate of drug-likeness (QED) is 0.856. The molecule has 0 amide bonds. The lowest BCUT2D eigenvalue weighted by Crippen LogP contribution is -2.50. The van der Waals surface area contributed by atoms with Crippen molar-refractivity contribution in [3.8, 4) is 0 Å². The van der Waals surface area contributed by atoms with Crippen LogP contribution in [0, 0.1) is 5.41 Å². The molecule has 2 fully saturated rings. The van der Waals surface area contributed by atoms with E-state index in [1.165, 1.54) is 23.5 Å². The minimum absolute atomic E-state index is 0.210. The minimum Gasteiger partial charge on any atom is -0.379 e. The van der Waals surface area contributed by atoms with Gasteiger partial charge in [-0.15, -0.1) is 11.3 Å². The Labute approximate surface area is 147 Å². The zero-order chi connectivity index (χ0) is 16.2. The van der Waals surface area contributed by atoms with Crippen molar-refractivity contribution < 1.29 is 4.74 Å². The van der Waals surface area contributed by atoms with Crippen molar-refractivity contribution in [2.45, 2.75) is 19.4 Å². The van der Waals surface area contributed by atoms with Crippen LogP contribution in [-0.2, 0) is 11.3 Å². The van der Waals surface area contributed by atoms with Crippen LogP contribution >= 0.6 is 11.3 Å². The Hall–Kier alpha value is -1.50. The van der Waals surface area contributed by atoms with Crippen molar-refractivity contribution in [3.63, 3.8) is 0 Å². The van der Waals surface area contributed by atoms with E-state index in [0.29, 0.717) is 0 Å². The van der Waals surface area contributed by atoms with Crippen LogP contribution in [0.5, 0.6) is 0 Å². The molecule has 1 atom stereocenters. The largest absolute Gasteiger partial charge is 0.379 e. The first-order valence-corrected chi connectivity index (χ1v) is 9.54. The van der Waals surface area contributed by atoms with Crippen LogP contribution in [0.3, 0.4) is 0 Å². The molecule has 5 nitrogen and oxygen atoms in total.